The lowest BCUT2D eigenvalue weighted by molar-refractivity contribution is -0.139. The highest BCUT2D eigenvalue weighted by atomic mass is 35.5. The molecule has 0 amide bonds. The molecule has 0 fully saturated rings. The SMILES string of the molecule is O=C(O)COc1cccc(Cl)c1C(=O)O. The fraction of sp³-hybridized carbons (Fsp3) is 0.111. The van der Waals surface area contributed by atoms with Crippen LogP contribution in [0.25, 0.3) is 0 Å². The summed E-state index contributed by atoms with van der Waals surface area (Å²) in [6.07, 6.45) is 0. The number of aromatic carboxylic acids is 1. The summed E-state index contributed by atoms with van der Waals surface area (Å²) in [5.41, 5.74) is -0.236. The van der Waals surface area contributed by atoms with E-state index in [2.05, 4.69) is 0 Å². The lowest BCUT2D eigenvalue weighted by Gasteiger charge is -2.07. The molecule has 6 heteroatoms. The molecule has 5 nitrogen and oxygen atoms in total. The van der Waals surface area contributed by atoms with Crippen molar-refractivity contribution in [2.75, 3.05) is 6.61 Å². The zero-order chi connectivity index (χ0) is 11.4. The summed E-state index contributed by atoms with van der Waals surface area (Å²) in [4.78, 5) is 21.0. The van der Waals surface area contributed by atoms with Crippen molar-refractivity contribution in [2.45, 2.75) is 0 Å². The molecule has 15 heavy (non-hydrogen) atoms. The Labute approximate surface area is 89.9 Å². The molecular formula is C9H7ClO5. The number of halogens is 1. The summed E-state index contributed by atoms with van der Waals surface area (Å²) in [5.74, 6) is -2.51. The molecule has 0 heterocycles. The first-order chi connectivity index (χ1) is 7.02. The first-order valence-electron chi connectivity index (χ1n) is 3.88. The van der Waals surface area contributed by atoms with Crippen molar-refractivity contribution < 1.29 is 24.5 Å². The van der Waals surface area contributed by atoms with Crippen LogP contribution in [-0.4, -0.2) is 28.8 Å². The van der Waals surface area contributed by atoms with E-state index in [0.717, 1.165) is 0 Å². The molecule has 0 aromatic heterocycles. The maximum absolute atomic E-state index is 10.8. The van der Waals surface area contributed by atoms with E-state index in [0.29, 0.717) is 0 Å². The number of carboxylic acid groups (broad SMARTS) is 2. The number of benzene rings is 1. The molecule has 0 aliphatic rings. The van der Waals surface area contributed by atoms with E-state index in [4.69, 9.17) is 26.6 Å². The third-order valence-corrected chi connectivity index (χ3v) is 1.86. The highest BCUT2D eigenvalue weighted by Crippen LogP contribution is 2.26. The van der Waals surface area contributed by atoms with Gasteiger partial charge in [0.05, 0.1) is 5.02 Å². The van der Waals surface area contributed by atoms with E-state index in [9.17, 15) is 9.59 Å². The maximum Gasteiger partial charge on any atom is 0.341 e. The minimum atomic E-state index is -1.26. The van der Waals surface area contributed by atoms with E-state index in [1.54, 1.807) is 0 Å². The van der Waals surface area contributed by atoms with Crippen LogP contribution >= 0.6 is 11.6 Å². The summed E-state index contributed by atoms with van der Waals surface area (Å²) in [6, 6.07) is 4.21. The number of carboxylic acids is 2. The van der Waals surface area contributed by atoms with Gasteiger partial charge in [0.1, 0.15) is 11.3 Å². The second kappa shape index (κ2) is 4.65. The molecule has 0 unspecified atom stereocenters. The smallest absolute Gasteiger partial charge is 0.341 e. The lowest BCUT2D eigenvalue weighted by atomic mass is 10.2. The average molecular weight is 231 g/mol. The predicted molar refractivity (Wildman–Crippen MR) is 51.5 cm³/mol. The molecule has 1 aromatic rings. The van der Waals surface area contributed by atoms with Gasteiger partial charge in [-0.15, -0.1) is 0 Å². The number of carbonyl (C=O) groups is 2. The second-order valence-electron chi connectivity index (χ2n) is 2.60. The molecule has 0 saturated carbocycles. The van der Waals surface area contributed by atoms with Crippen molar-refractivity contribution in [2.24, 2.45) is 0 Å². The van der Waals surface area contributed by atoms with Gasteiger partial charge in [-0.2, -0.15) is 0 Å². The van der Waals surface area contributed by atoms with Crippen LogP contribution in [-0.2, 0) is 4.79 Å². The molecule has 0 radical (unpaired) electrons. The molecule has 0 spiro atoms. The lowest BCUT2D eigenvalue weighted by Crippen LogP contribution is -2.12. The van der Waals surface area contributed by atoms with Crippen LogP contribution < -0.4 is 4.74 Å². The Morgan fingerprint density at radius 2 is 2.00 bits per heavy atom. The average Bonchev–Trinajstić information content (AvgIpc) is 2.13. The van der Waals surface area contributed by atoms with Crippen LogP contribution in [0, 0.1) is 0 Å². The topological polar surface area (TPSA) is 83.8 Å². The fourth-order valence-electron chi connectivity index (χ4n) is 0.972. The van der Waals surface area contributed by atoms with Gasteiger partial charge in [-0.05, 0) is 12.1 Å². The Balaban J connectivity index is 3.01. The molecule has 0 atom stereocenters. The van der Waals surface area contributed by atoms with Crippen LogP contribution in [0.2, 0.25) is 5.02 Å². The van der Waals surface area contributed by atoms with Gasteiger partial charge in [-0.1, -0.05) is 17.7 Å². The Bertz CT molecular complexity index is 401. The third-order valence-electron chi connectivity index (χ3n) is 1.54. The van der Waals surface area contributed by atoms with E-state index < -0.39 is 18.5 Å². The van der Waals surface area contributed by atoms with Crippen molar-refractivity contribution in [3.8, 4) is 5.75 Å². The summed E-state index contributed by atoms with van der Waals surface area (Å²) in [7, 11) is 0. The Morgan fingerprint density at radius 1 is 1.33 bits per heavy atom. The zero-order valence-electron chi connectivity index (χ0n) is 7.44. The van der Waals surface area contributed by atoms with Crippen LogP contribution in [0.3, 0.4) is 0 Å². The van der Waals surface area contributed by atoms with Gasteiger partial charge < -0.3 is 14.9 Å². The minimum absolute atomic E-state index is 0.00499. The molecule has 1 rings (SSSR count). The van der Waals surface area contributed by atoms with Crippen molar-refractivity contribution >= 4 is 23.5 Å². The number of ether oxygens (including phenoxy) is 1. The fourth-order valence-corrected chi connectivity index (χ4v) is 1.22. The number of hydrogen-bond acceptors (Lipinski definition) is 3. The first-order valence-corrected chi connectivity index (χ1v) is 4.26. The van der Waals surface area contributed by atoms with Crippen molar-refractivity contribution in [3.05, 3.63) is 28.8 Å². The van der Waals surface area contributed by atoms with Crippen molar-refractivity contribution in [3.63, 3.8) is 0 Å². The van der Waals surface area contributed by atoms with E-state index in [-0.39, 0.29) is 16.3 Å². The Morgan fingerprint density at radius 3 is 2.53 bits per heavy atom. The van der Waals surface area contributed by atoms with Gasteiger partial charge in [0.25, 0.3) is 0 Å². The molecular weight excluding hydrogens is 224 g/mol. The highest BCUT2D eigenvalue weighted by molar-refractivity contribution is 6.33. The van der Waals surface area contributed by atoms with Crippen LogP contribution in [0.15, 0.2) is 18.2 Å². The van der Waals surface area contributed by atoms with E-state index >= 15 is 0 Å². The highest BCUT2D eigenvalue weighted by Gasteiger charge is 2.15. The van der Waals surface area contributed by atoms with Gasteiger partial charge in [-0.3, -0.25) is 0 Å². The molecule has 0 bridgehead atoms. The van der Waals surface area contributed by atoms with E-state index in [1.165, 1.54) is 18.2 Å². The van der Waals surface area contributed by atoms with Crippen LogP contribution in [0.5, 0.6) is 5.75 Å². The van der Waals surface area contributed by atoms with Crippen LogP contribution in [0.1, 0.15) is 10.4 Å². The summed E-state index contributed by atoms with van der Waals surface area (Å²) < 4.78 is 4.78. The van der Waals surface area contributed by atoms with Crippen LogP contribution in [0.4, 0.5) is 0 Å². The molecule has 80 valence electrons. The largest absolute Gasteiger partial charge is 0.481 e. The Kier molecular flexibility index (Phi) is 3.51. The number of aliphatic carboxylic acids is 1. The maximum atomic E-state index is 10.8. The quantitative estimate of drug-likeness (QED) is 0.819. The normalized spacial score (nSPS) is 9.67. The number of rotatable bonds is 4. The molecule has 0 aliphatic carbocycles. The molecule has 2 N–H and O–H groups in total. The van der Waals surface area contributed by atoms with Crippen molar-refractivity contribution in [1.29, 1.82) is 0 Å². The molecule has 0 aliphatic heterocycles. The molecule has 0 saturated heterocycles. The number of hydrogen-bond donors (Lipinski definition) is 2. The van der Waals surface area contributed by atoms with Gasteiger partial charge >= 0.3 is 11.9 Å². The molecule has 1 aromatic carbocycles. The summed E-state index contributed by atoms with van der Waals surface area (Å²) in [5, 5.41) is 17.2. The van der Waals surface area contributed by atoms with Crippen molar-refractivity contribution in [1.82, 2.24) is 0 Å². The summed E-state index contributed by atoms with van der Waals surface area (Å²) in [6.45, 7) is -0.610. The van der Waals surface area contributed by atoms with Gasteiger partial charge in [0.2, 0.25) is 0 Å². The third kappa shape index (κ3) is 2.85. The summed E-state index contributed by atoms with van der Waals surface area (Å²) >= 11 is 5.63. The predicted octanol–water partition coefficient (Wildman–Crippen LogP) is 1.50. The van der Waals surface area contributed by atoms with Gasteiger partial charge in [-0.25, -0.2) is 9.59 Å². The Hall–Kier alpha value is -1.75. The second-order valence-corrected chi connectivity index (χ2v) is 3.01. The monoisotopic (exact) mass is 230 g/mol. The zero-order valence-corrected chi connectivity index (χ0v) is 8.19. The minimum Gasteiger partial charge on any atom is -0.481 e. The first kappa shape index (κ1) is 11.3. The van der Waals surface area contributed by atoms with E-state index in [1.807, 2.05) is 0 Å². The van der Waals surface area contributed by atoms with Gasteiger partial charge in [0.15, 0.2) is 6.61 Å². The standard InChI is InChI=1S/C9H7ClO5/c10-5-2-1-3-6(8(5)9(13)14)15-4-7(11)12/h1-3H,4H2,(H,11,12)(H,13,14). The van der Waals surface area contributed by atoms with Gasteiger partial charge in [0, 0.05) is 0 Å².